The number of hydrogen-bond donors (Lipinski definition) is 2. The predicted molar refractivity (Wildman–Crippen MR) is 61.5 cm³/mol. The highest BCUT2D eigenvalue weighted by atomic mass is 16.5. The van der Waals surface area contributed by atoms with Crippen molar-refractivity contribution in [1.29, 1.82) is 0 Å². The van der Waals surface area contributed by atoms with Gasteiger partial charge in [0.1, 0.15) is 5.60 Å². The van der Waals surface area contributed by atoms with Gasteiger partial charge >= 0.3 is 0 Å². The molecule has 4 heteroatoms. The van der Waals surface area contributed by atoms with Crippen molar-refractivity contribution in [3.8, 4) is 0 Å². The molecule has 0 heterocycles. The van der Waals surface area contributed by atoms with E-state index in [0.29, 0.717) is 12.5 Å². The van der Waals surface area contributed by atoms with E-state index in [0.717, 1.165) is 6.42 Å². The fraction of sp³-hybridized carbons (Fsp3) is 0.909. The number of carbonyl (C=O) groups excluding carboxylic acids is 1. The van der Waals surface area contributed by atoms with Crippen molar-refractivity contribution in [2.45, 2.75) is 45.8 Å². The van der Waals surface area contributed by atoms with E-state index in [4.69, 9.17) is 10.5 Å². The van der Waals surface area contributed by atoms with Crippen LogP contribution < -0.4 is 11.1 Å². The molecular formula is C11H24N2O2. The summed E-state index contributed by atoms with van der Waals surface area (Å²) in [4.78, 5) is 11.6. The molecule has 0 aliphatic heterocycles. The van der Waals surface area contributed by atoms with E-state index in [1.165, 1.54) is 7.11 Å². The van der Waals surface area contributed by atoms with Gasteiger partial charge in [0.05, 0.1) is 0 Å². The summed E-state index contributed by atoms with van der Waals surface area (Å²) in [5, 5.41) is 2.79. The zero-order valence-electron chi connectivity index (χ0n) is 10.5. The maximum absolute atomic E-state index is 11.6. The molecule has 1 unspecified atom stereocenters. The number of rotatable bonds is 6. The Morgan fingerprint density at radius 2 is 2.00 bits per heavy atom. The highest BCUT2D eigenvalue weighted by Crippen LogP contribution is 2.07. The number of nitrogens with two attached hydrogens (primary N) is 1. The van der Waals surface area contributed by atoms with Gasteiger partial charge in [-0.05, 0) is 26.2 Å². The minimum absolute atomic E-state index is 0.0154. The average Bonchev–Trinajstić information content (AvgIpc) is 2.13. The Morgan fingerprint density at radius 3 is 2.40 bits per heavy atom. The smallest absolute Gasteiger partial charge is 0.251 e. The first kappa shape index (κ1) is 14.4. The van der Waals surface area contributed by atoms with Crippen LogP contribution in [0, 0.1) is 5.92 Å². The van der Waals surface area contributed by atoms with Crippen LogP contribution in [-0.4, -0.2) is 31.2 Å². The maximum Gasteiger partial charge on any atom is 0.251 e. The van der Waals surface area contributed by atoms with Gasteiger partial charge in [-0.2, -0.15) is 0 Å². The number of ether oxygens (including phenoxy) is 1. The number of nitrogens with one attached hydrogen (secondary N) is 1. The molecule has 15 heavy (non-hydrogen) atoms. The van der Waals surface area contributed by atoms with Crippen molar-refractivity contribution in [2.75, 3.05) is 13.7 Å². The Morgan fingerprint density at radius 1 is 1.47 bits per heavy atom. The zero-order chi connectivity index (χ0) is 12.1. The van der Waals surface area contributed by atoms with E-state index in [1.54, 1.807) is 13.8 Å². The summed E-state index contributed by atoms with van der Waals surface area (Å²) in [6.07, 6.45) is 0.910. The lowest BCUT2D eigenvalue weighted by atomic mass is 10.0. The molecule has 0 aromatic carbocycles. The third-order valence-corrected chi connectivity index (χ3v) is 2.36. The van der Waals surface area contributed by atoms with Gasteiger partial charge in [-0.1, -0.05) is 13.8 Å². The molecule has 0 aliphatic rings. The molecule has 0 aromatic heterocycles. The Kier molecular flexibility index (Phi) is 5.83. The normalized spacial score (nSPS) is 14.1. The number of amides is 1. The van der Waals surface area contributed by atoms with Gasteiger partial charge in [-0.3, -0.25) is 4.79 Å². The van der Waals surface area contributed by atoms with E-state index in [9.17, 15) is 4.79 Å². The number of methoxy groups -OCH3 is 1. The van der Waals surface area contributed by atoms with Crippen LogP contribution >= 0.6 is 0 Å². The Balaban J connectivity index is 3.90. The molecule has 0 radical (unpaired) electrons. The molecule has 90 valence electrons. The quantitative estimate of drug-likeness (QED) is 0.693. The summed E-state index contributed by atoms with van der Waals surface area (Å²) in [7, 11) is 1.52. The number of carbonyl (C=O) groups is 1. The largest absolute Gasteiger partial charge is 0.369 e. The van der Waals surface area contributed by atoms with Gasteiger partial charge in [0.15, 0.2) is 0 Å². The second kappa shape index (κ2) is 6.08. The van der Waals surface area contributed by atoms with Crippen molar-refractivity contribution in [3.05, 3.63) is 0 Å². The first-order valence-electron chi connectivity index (χ1n) is 5.38. The van der Waals surface area contributed by atoms with Gasteiger partial charge < -0.3 is 15.8 Å². The molecule has 0 fully saturated rings. The van der Waals surface area contributed by atoms with Crippen LogP contribution in [0.25, 0.3) is 0 Å². The van der Waals surface area contributed by atoms with Crippen molar-refractivity contribution in [2.24, 2.45) is 11.7 Å². The second-order valence-electron chi connectivity index (χ2n) is 4.81. The van der Waals surface area contributed by atoms with Gasteiger partial charge in [0.2, 0.25) is 0 Å². The maximum atomic E-state index is 11.6. The second-order valence-corrected chi connectivity index (χ2v) is 4.81. The lowest BCUT2D eigenvalue weighted by Crippen LogP contribution is -2.47. The minimum atomic E-state index is -0.780. The first-order valence-corrected chi connectivity index (χ1v) is 5.38. The molecule has 0 bridgehead atoms. The van der Waals surface area contributed by atoms with Gasteiger partial charge in [-0.15, -0.1) is 0 Å². The monoisotopic (exact) mass is 216 g/mol. The van der Waals surface area contributed by atoms with Crippen LogP contribution in [-0.2, 0) is 9.53 Å². The summed E-state index contributed by atoms with van der Waals surface area (Å²) in [6, 6.07) is 0.0154. The van der Waals surface area contributed by atoms with Crippen LogP contribution in [0.3, 0.4) is 0 Å². The number of hydrogen-bond acceptors (Lipinski definition) is 3. The minimum Gasteiger partial charge on any atom is -0.369 e. The summed E-state index contributed by atoms with van der Waals surface area (Å²) in [5.74, 6) is 0.427. The van der Waals surface area contributed by atoms with Crippen LogP contribution in [0.5, 0.6) is 0 Å². The molecule has 3 N–H and O–H groups in total. The summed E-state index contributed by atoms with van der Waals surface area (Å²) in [6.45, 7) is 8.19. The van der Waals surface area contributed by atoms with E-state index in [1.807, 2.05) is 0 Å². The summed E-state index contributed by atoms with van der Waals surface area (Å²) < 4.78 is 5.06. The standard InChI is InChI=1S/C11H24N2O2/c1-8(2)6-9(12)7-13-10(14)11(3,4)15-5/h8-9H,6-7,12H2,1-5H3,(H,13,14). The van der Waals surface area contributed by atoms with Crippen LogP contribution in [0.4, 0.5) is 0 Å². The van der Waals surface area contributed by atoms with Gasteiger partial charge in [0.25, 0.3) is 5.91 Å². The molecular weight excluding hydrogens is 192 g/mol. The Bertz CT molecular complexity index is 203. The molecule has 0 spiro atoms. The fourth-order valence-electron chi connectivity index (χ4n) is 1.22. The lowest BCUT2D eigenvalue weighted by molar-refractivity contribution is -0.139. The molecule has 4 nitrogen and oxygen atoms in total. The van der Waals surface area contributed by atoms with Crippen LogP contribution in [0.15, 0.2) is 0 Å². The molecule has 0 saturated heterocycles. The van der Waals surface area contributed by atoms with E-state index >= 15 is 0 Å². The van der Waals surface area contributed by atoms with E-state index in [-0.39, 0.29) is 11.9 Å². The van der Waals surface area contributed by atoms with Gasteiger partial charge in [-0.25, -0.2) is 0 Å². The molecule has 0 aromatic rings. The van der Waals surface area contributed by atoms with E-state index < -0.39 is 5.60 Å². The molecule has 0 rings (SSSR count). The van der Waals surface area contributed by atoms with Crippen molar-refractivity contribution in [1.82, 2.24) is 5.32 Å². The third kappa shape index (κ3) is 5.74. The van der Waals surface area contributed by atoms with Gasteiger partial charge in [0, 0.05) is 19.7 Å². The van der Waals surface area contributed by atoms with Crippen molar-refractivity contribution in [3.63, 3.8) is 0 Å². The Hall–Kier alpha value is -0.610. The topological polar surface area (TPSA) is 64.3 Å². The molecule has 1 amide bonds. The highest BCUT2D eigenvalue weighted by Gasteiger charge is 2.26. The van der Waals surface area contributed by atoms with Crippen LogP contribution in [0.1, 0.15) is 34.1 Å². The average molecular weight is 216 g/mol. The molecule has 0 saturated carbocycles. The zero-order valence-corrected chi connectivity index (χ0v) is 10.5. The van der Waals surface area contributed by atoms with Crippen LogP contribution in [0.2, 0.25) is 0 Å². The fourth-order valence-corrected chi connectivity index (χ4v) is 1.22. The highest BCUT2D eigenvalue weighted by molar-refractivity contribution is 5.84. The summed E-state index contributed by atoms with van der Waals surface area (Å²) in [5.41, 5.74) is 5.07. The predicted octanol–water partition coefficient (Wildman–Crippen LogP) is 0.901. The third-order valence-electron chi connectivity index (χ3n) is 2.36. The summed E-state index contributed by atoms with van der Waals surface area (Å²) >= 11 is 0. The Labute approximate surface area is 92.6 Å². The molecule has 1 atom stereocenters. The first-order chi connectivity index (χ1) is 6.79. The van der Waals surface area contributed by atoms with Crippen molar-refractivity contribution >= 4 is 5.91 Å². The SMILES string of the molecule is COC(C)(C)C(=O)NCC(N)CC(C)C. The van der Waals surface area contributed by atoms with E-state index in [2.05, 4.69) is 19.2 Å². The lowest BCUT2D eigenvalue weighted by Gasteiger charge is -2.23. The van der Waals surface area contributed by atoms with Crippen molar-refractivity contribution < 1.29 is 9.53 Å². The molecule has 0 aliphatic carbocycles.